The van der Waals surface area contributed by atoms with Crippen molar-refractivity contribution >= 4 is 54.6 Å². The summed E-state index contributed by atoms with van der Waals surface area (Å²) in [5.74, 6) is 0.0838. The van der Waals surface area contributed by atoms with Gasteiger partial charge >= 0.3 is 0 Å². The fourth-order valence-electron chi connectivity index (χ4n) is 4.03. The van der Waals surface area contributed by atoms with E-state index in [0.29, 0.717) is 22.9 Å². The summed E-state index contributed by atoms with van der Waals surface area (Å²) < 4.78 is 66.7. The van der Waals surface area contributed by atoms with Crippen molar-refractivity contribution in [2.24, 2.45) is 0 Å². The molecule has 0 unspecified atom stereocenters. The van der Waals surface area contributed by atoms with E-state index in [1.807, 2.05) is 0 Å². The zero-order valence-corrected chi connectivity index (χ0v) is 25.6. The number of sulfonamides is 2. The number of nitrogens with one attached hydrogen (secondary N) is 3. The zero-order valence-electron chi connectivity index (χ0n) is 24.0. The molecular formula is C30H30N4O8S2. The molecule has 0 aliphatic heterocycles. The van der Waals surface area contributed by atoms with Gasteiger partial charge < -0.3 is 20.1 Å². The van der Waals surface area contributed by atoms with E-state index in [0.717, 1.165) is 4.31 Å². The molecule has 0 aliphatic rings. The maximum atomic E-state index is 13.7. The van der Waals surface area contributed by atoms with Crippen molar-refractivity contribution in [3.05, 3.63) is 97.1 Å². The van der Waals surface area contributed by atoms with Gasteiger partial charge in [-0.05, 0) is 97.1 Å². The van der Waals surface area contributed by atoms with Crippen molar-refractivity contribution in [1.82, 2.24) is 0 Å². The minimum atomic E-state index is -4.24. The second-order valence-corrected chi connectivity index (χ2v) is 12.9. The second-order valence-electron chi connectivity index (χ2n) is 9.32. The molecule has 4 aromatic rings. The van der Waals surface area contributed by atoms with Gasteiger partial charge in [0.2, 0.25) is 11.8 Å². The van der Waals surface area contributed by atoms with Crippen LogP contribution in [-0.4, -0.2) is 49.4 Å². The third-order valence-electron chi connectivity index (χ3n) is 6.20. The number of anilines is 4. The Morgan fingerprint density at radius 1 is 0.636 bits per heavy atom. The predicted octanol–water partition coefficient (Wildman–Crippen LogP) is 4.30. The lowest BCUT2D eigenvalue weighted by atomic mass is 10.3. The third kappa shape index (κ3) is 7.85. The van der Waals surface area contributed by atoms with Crippen LogP contribution in [0.25, 0.3) is 0 Å². The average Bonchev–Trinajstić information content (AvgIpc) is 3.00. The van der Waals surface area contributed by atoms with Crippen LogP contribution in [0.1, 0.15) is 6.92 Å². The molecule has 3 N–H and O–H groups in total. The van der Waals surface area contributed by atoms with Crippen molar-refractivity contribution < 1.29 is 35.9 Å². The Morgan fingerprint density at radius 3 is 1.59 bits per heavy atom. The Balaban J connectivity index is 1.52. The van der Waals surface area contributed by atoms with Gasteiger partial charge in [-0.1, -0.05) is 0 Å². The van der Waals surface area contributed by atoms with Crippen molar-refractivity contribution in [2.75, 3.05) is 40.4 Å². The molecule has 0 heterocycles. The Bertz CT molecular complexity index is 1830. The molecule has 0 aliphatic carbocycles. The van der Waals surface area contributed by atoms with Gasteiger partial charge in [-0.15, -0.1) is 0 Å². The van der Waals surface area contributed by atoms with Gasteiger partial charge in [0, 0.05) is 24.0 Å². The summed E-state index contributed by atoms with van der Waals surface area (Å²) in [5, 5.41) is 5.19. The van der Waals surface area contributed by atoms with E-state index < -0.39 is 32.5 Å². The summed E-state index contributed by atoms with van der Waals surface area (Å²) in [6, 6.07) is 23.5. The largest absolute Gasteiger partial charge is 0.497 e. The number of nitrogens with zero attached hydrogens (tertiary/aromatic N) is 1. The maximum Gasteiger partial charge on any atom is 0.264 e. The smallest absolute Gasteiger partial charge is 0.264 e. The summed E-state index contributed by atoms with van der Waals surface area (Å²) in [6.07, 6.45) is 0. The fraction of sp³-hybridized carbons (Fsp3) is 0.133. The highest BCUT2D eigenvalue weighted by molar-refractivity contribution is 7.93. The molecular weight excluding hydrogens is 608 g/mol. The topological polar surface area (TPSA) is 160 Å². The van der Waals surface area contributed by atoms with E-state index in [4.69, 9.17) is 9.47 Å². The number of carbonyl (C=O) groups excluding carboxylic acids is 2. The summed E-state index contributed by atoms with van der Waals surface area (Å²) in [5.41, 5.74) is 1.21. The lowest BCUT2D eigenvalue weighted by Gasteiger charge is -2.24. The maximum absolute atomic E-state index is 13.7. The lowest BCUT2D eigenvalue weighted by Crippen LogP contribution is -2.38. The zero-order chi connectivity index (χ0) is 31.9. The monoisotopic (exact) mass is 638 g/mol. The second kappa shape index (κ2) is 13.5. The van der Waals surface area contributed by atoms with E-state index in [1.54, 1.807) is 36.4 Å². The van der Waals surface area contributed by atoms with E-state index in [9.17, 15) is 26.4 Å². The normalized spacial score (nSPS) is 11.2. The Hall–Kier alpha value is -5.08. The number of hydrogen-bond donors (Lipinski definition) is 3. The molecule has 0 saturated heterocycles. The molecule has 230 valence electrons. The molecule has 0 radical (unpaired) electrons. The summed E-state index contributed by atoms with van der Waals surface area (Å²) in [4.78, 5) is 24.3. The van der Waals surface area contributed by atoms with Gasteiger partial charge in [-0.25, -0.2) is 16.8 Å². The number of rotatable bonds is 12. The van der Waals surface area contributed by atoms with Crippen LogP contribution in [0.4, 0.5) is 22.7 Å². The predicted molar refractivity (Wildman–Crippen MR) is 167 cm³/mol. The molecule has 0 bridgehead atoms. The molecule has 0 aromatic heterocycles. The van der Waals surface area contributed by atoms with Crippen LogP contribution in [0.5, 0.6) is 11.5 Å². The van der Waals surface area contributed by atoms with Crippen LogP contribution >= 0.6 is 0 Å². The van der Waals surface area contributed by atoms with Crippen LogP contribution < -0.4 is 29.1 Å². The summed E-state index contributed by atoms with van der Waals surface area (Å²) >= 11 is 0. The van der Waals surface area contributed by atoms with Gasteiger partial charge in [-0.2, -0.15) is 0 Å². The van der Waals surface area contributed by atoms with E-state index in [1.165, 1.54) is 81.8 Å². The number of amides is 2. The van der Waals surface area contributed by atoms with Gasteiger partial charge in [0.25, 0.3) is 20.0 Å². The fourth-order valence-corrected chi connectivity index (χ4v) is 6.51. The van der Waals surface area contributed by atoms with E-state index >= 15 is 0 Å². The first-order valence-corrected chi connectivity index (χ1v) is 15.9. The van der Waals surface area contributed by atoms with Crippen molar-refractivity contribution in [2.45, 2.75) is 16.7 Å². The number of methoxy groups -OCH3 is 2. The van der Waals surface area contributed by atoms with Crippen LogP contribution in [0.3, 0.4) is 0 Å². The van der Waals surface area contributed by atoms with Crippen LogP contribution in [-0.2, 0) is 29.6 Å². The minimum Gasteiger partial charge on any atom is -0.497 e. The number of ether oxygens (including phenoxy) is 2. The van der Waals surface area contributed by atoms with Crippen LogP contribution in [0, 0.1) is 0 Å². The number of benzene rings is 4. The van der Waals surface area contributed by atoms with Crippen LogP contribution in [0.15, 0.2) is 107 Å². The minimum absolute atomic E-state index is 0.0449. The molecule has 0 saturated carbocycles. The highest BCUT2D eigenvalue weighted by Gasteiger charge is 2.27. The molecule has 44 heavy (non-hydrogen) atoms. The molecule has 4 rings (SSSR count). The SMILES string of the molecule is COc1ccc(NS(=O)(=O)c2ccc(NC(=O)CN(c3ccc(OC)cc3)S(=O)(=O)c3ccc(NC(C)=O)cc3)cc2)cc1. The van der Waals surface area contributed by atoms with E-state index in [2.05, 4.69) is 15.4 Å². The third-order valence-corrected chi connectivity index (χ3v) is 9.39. The molecule has 12 nitrogen and oxygen atoms in total. The van der Waals surface area contributed by atoms with Crippen molar-refractivity contribution in [3.63, 3.8) is 0 Å². The van der Waals surface area contributed by atoms with Crippen molar-refractivity contribution in [1.29, 1.82) is 0 Å². The first-order chi connectivity index (χ1) is 20.9. The molecule has 0 spiro atoms. The Labute approximate surface area is 255 Å². The standard InChI is InChI=1S/C30H30N4O8S2/c1-21(35)31-22-8-18-29(19-9-22)44(39,40)34(25-10-14-27(42-3)15-11-25)20-30(36)32-23-6-16-28(17-7-23)43(37,38)33-24-4-12-26(41-2)13-5-24/h4-19,33H,20H2,1-3H3,(H,31,35)(H,32,36). The molecule has 14 heteroatoms. The van der Waals surface area contributed by atoms with Gasteiger partial charge in [0.1, 0.15) is 18.0 Å². The van der Waals surface area contributed by atoms with Crippen LogP contribution in [0.2, 0.25) is 0 Å². The lowest BCUT2D eigenvalue weighted by molar-refractivity contribution is -0.115. The first kappa shape index (κ1) is 31.8. The number of carbonyl (C=O) groups is 2. The average molecular weight is 639 g/mol. The summed E-state index contributed by atoms with van der Waals surface area (Å²) in [6.45, 7) is 0.738. The highest BCUT2D eigenvalue weighted by Crippen LogP contribution is 2.27. The van der Waals surface area contributed by atoms with Gasteiger partial charge in [-0.3, -0.25) is 18.6 Å². The number of hydrogen-bond acceptors (Lipinski definition) is 8. The molecule has 0 atom stereocenters. The molecule has 0 fully saturated rings. The van der Waals surface area contributed by atoms with Gasteiger partial charge in [0.15, 0.2) is 0 Å². The molecule has 4 aromatic carbocycles. The Kier molecular flexibility index (Phi) is 9.76. The first-order valence-electron chi connectivity index (χ1n) is 13.0. The van der Waals surface area contributed by atoms with Gasteiger partial charge in [0.05, 0.1) is 29.7 Å². The Morgan fingerprint density at radius 2 is 1.09 bits per heavy atom. The van der Waals surface area contributed by atoms with E-state index in [-0.39, 0.29) is 27.1 Å². The molecule has 2 amide bonds. The summed E-state index contributed by atoms with van der Waals surface area (Å²) in [7, 11) is -5.19. The quantitative estimate of drug-likeness (QED) is 0.207. The highest BCUT2D eigenvalue weighted by atomic mass is 32.2. The van der Waals surface area contributed by atoms with Crippen molar-refractivity contribution in [3.8, 4) is 11.5 Å².